The molecule has 10 rings (SSSR count). The third-order valence-corrected chi connectivity index (χ3v) is 10.8. The zero-order valence-corrected chi connectivity index (χ0v) is 34.5. The Morgan fingerprint density at radius 3 is 2.02 bits per heavy atom. The first-order valence-corrected chi connectivity index (χ1v) is 19.2. The van der Waals surface area contributed by atoms with Gasteiger partial charge in [0.05, 0.1) is 16.6 Å². The number of hydrogen-bond donors (Lipinski definition) is 1. The molecule has 0 unspecified atom stereocenters. The van der Waals surface area contributed by atoms with Gasteiger partial charge in [-0.2, -0.15) is 0 Å². The second kappa shape index (κ2) is 14.8. The molecule has 0 aliphatic rings. The Labute approximate surface area is 351 Å². The second-order valence-electron chi connectivity index (χ2n) is 15.6. The van der Waals surface area contributed by atoms with Crippen LogP contribution in [-0.2, 0) is 26.5 Å². The molecule has 3 heterocycles. The van der Waals surface area contributed by atoms with Crippen molar-refractivity contribution in [1.29, 1.82) is 0 Å². The quantitative estimate of drug-likeness (QED) is 0.169. The van der Waals surface area contributed by atoms with Gasteiger partial charge in [0, 0.05) is 49.4 Å². The smallest absolute Gasteiger partial charge is 0.148 e. The zero-order valence-electron chi connectivity index (χ0n) is 32.2. The molecule has 5 nitrogen and oxygen atoms in total. The van der Waals surface area contributed by atoms with Gasteiger partial charge in [-0.05, 0) is 70.1 Å². The van der Waals surface area contributed by atoms with Gasteiger partial charge in [0.1, 0.15) is 22.7 Å². The van der Waals surface area contributed by atoms with Crippen LogP contribution < -0.4 is 0 Å². The van der Waals surface area contributed by atoms with Crippen LogP contribution in [0.5, 0.6) is 5.75 Å². The number of furan rings is 1. The van der Waals surface area contributed by atoms with Crippen LogP contribution in [0.4, 0.5) is 0 Å². The van der Waals surface area contributed by atoms with Crippen LogP contribution in [0.1, 0.15) is 26.3 Å². The number of phenols is 1. The van der Waals surface area contributed by atoms with E-state index in [2.05, 4.69) is 135 Å². The predicted molar refractivity (Wildman–Crippen MR) is 233 cm³/mol. The Morgan fingerprint density at radius 1 is 0.586 bits per heavy atom. The number of phenolic OH excluding ortho intramolecular Hbond substituents is 1. The molecule has 1 N–H and O–H groups in total. The monoisotopic (exact) mass is 931 g/mol. The van der Waals surface area contributed by atoms with Gasteiger partial charge in [-0.1, -0.05) is 141 Å². The van der Waals surface area contributed by atoms with Crippen LogP contribution in [0.15, 0.2) is 174 Å². The van der Waals surface area contributed by atoms with Crippen LogP contribution >= 0.6 is 0 Å². The van der Waals surface area contributed by atoms with Gasteiger partial charge in [0.2, 0.25) is 0 Å². The molecule has 10 aromatic rings. The number of benzene rings is 7. The van der Waals surface area contributed by atoms with E-state index in [1.165, 1.54) is 16.7 Å². The number of fused-ring (bicyclic) bond motifs is 4. The van der Waals surface area contributed by atoms with E-state index < -0.39 is 0 Å². The molecule has 0 saturated heterocycles. The fraction of sp³-hybridized carbons (Fsp3) is 0.0769. The van der Waals surface area contributed by atoms with E-state index in [1.54, 1.807) is 6.07 Å². The maximum Gasteiger partial charge on any atom is 0.148 e. The minimum atomic E-state index is -0.153. The van der Waals surface area contributed by atoms with Crippen molar-refractivity contribution in [3.63, 3.8) is 0 Å². The van der Waals surface area contributed by atoms with Gasteiger partial charge in [-0.15, -0.1) is 29.3 Å². The van der Waals surface area contributed by atoms with Crippen LogP contribution in [0.2, 0.25) is 0 Å². The number of aromatic hydroxyl groups is 1. The second-order valence-corrected chi connectivity index (χ2v) is 15.6. The molecule has 0 bridgehead atoms. The SMILES string of the molecule is CC(C)(C)c1cc(-c2cc(-c3ccc(-c4ccccc4)cc3)ccn2)[c-]c(-c2cccc3c2nc(-c2cc4oc5ccccc5c4cc2O)n3-c2ccccc2)c1.[Pt]. The minimum absolute atomic E-state index is 0. The fourth-order valence-electron chi connectivity index (χ4n) is 7.80. The van der Waals surface area contributed by atoms with E-state index in [9.17, 15) is 5.11 Å². The summed E-state index contributed by atoms with van der Waals surface area (Å²) in [6, 6.07) is 59.6. The van der Waals surface area contributed by atoms with Gasteiger partial charge in [-0.3, -0.25) is 9.55 Å². The average molecular weight is 932 g/mol. The Balaban J connectivity index is 0.00000436. The van der Waals surface area contributed by atoms with Gasteiger partial charge in [0.25, 0.3) is 0 Å². The van der Waals surface area contributed by atoms with Crippen LogP contribution in [0.25, 0.3) is 94.7 Å². The third-order valence-electron chi connectivity index (χ3n) is 10.8. The first-order chi connectivity index (χ1) is 27.8. The number of aromatic nitrogens is 3. The Kier molecular flexibility index (Phi) is 9.42. The van der Waals surface area contributed by atoms with E-state index >= 15 is 0 Å². The summed E-state index contributed by atoms with van der Waals surface area (Å²) in [5.41, 5.74) is 13.9. The summed E-state index contributed by atoms with van der Waals surface area (Å²) in [5.74, 6) is 0.746. The van der Waals surface area contributed by atoms with E-state index in [0.717, 1.165) is 66.6 Å². The number of imidazole rings is 1. The Bertz CT molecular complexity index is 3110. The third kappa shape index (κ3) is 6.62. The number of rotatable bonds is 6. The normalized spacial score (nSPS) is 11.6. The molecular formula is C52H38N3O2Pt-. The number of para-hydroxylation sites is 3. The summed E-state index contributed by atoms with van der Waals surface area (Å²) in [6.45, 7) is 6.69. The molecule has 0 radical (unpaired) electrons. The van der Waals surface area contributed by atoms with Crippen molar-refractivity contribution in [3.05, 3.63) is 182 Å². The molecular weight excluding hydrogens is 894 g/mol. The molecule has 58 heavy (non-hydrogen) atoms. The molecule has 0 aliphatic carbocycles. The van der Waals surface area contributed by atoms with Crippen molar-refractivity contribution in [2.45, 2.75) is 26.2 Å². The fourth-order valence-corrected chi connectivity index (χ4v) is 7.80. The van der Waals surface area contributed by atoms with Crippen molar-refractivity contribution in [3.8, 4) is 67.5 Å². The maximum atomic E-state index is 11.7. The van der Waals surface area contributed by atoms with Crippen molar-refractivity contribution in [1.82, 2.24) is 14.5 Å². The molecule has 0 fully saturated rings. The number of hydrogen-bond acceptors (Lipinski definition) is 4. The maximum absolute atomic E-state index is 11.7. The van der Waals surface area contributed by atoms with E-state index in [-0.39, 0.29) is 32.2 Å². The van der Waals surface area contributed by atoms with Crippen molar-refractivity contribution in [2.24, 2.45) is 0 Å². The summed E-state index contributed by atoms with van der Waals surface area (Å²) in [4.78, 5) is 10.2. The van der Waals surface area contributed by atoms with Gasteiger partial charge >= 0.3 is 0 Å². The Hall–Kier alpha value is -6.55. The van der Waals surface area contributed by atoms with Crippen molar-refractivity contribution in [2.75, 3.05) is 0 Å². The number of pyridine rings is 1. The minimum Gasteiger partial charge on any atom is -0.507 e. The molecule has 0 amide bonds. The van der Waals surface area contributed by atoms with Gasteiger partial charge < -0.3 is 9.52 Å². The molecule has 0 aliphatic heterocycles. The number of nitrogens with zero attached hydrogens (tertiary/aromatic N) is 3. The van der Waals surface area contributed by atoms with E-state index in [1.807, 2.05) is 60.8 Å². The predicted octanol–water partition coefficient (Wildman–Crippen LogP) is 13.5. The van der Waals surface area contributed by atoms with Crippen molar-refractivity contribution < 1.29 is 30.6 Å². The topological polar surface area (TPSA) is 64.1 Å². The van der Waals surface area contributed by atoms with E-state index in [0.29, 0.717) is 17.0 Å². The molecule has 7 aromatic carbocycles. The summed E-state index contributed by atoms with van der Waals surface area (Å²) >= 11 is 0. The largest absolute Gasteiger partial charge is 0.507 e. The van der Waals surface area contributed by atoms with Crippen LogP contribution in [0.3, 0.4) is 0 Å². The van der Waals surface area contributed by atoms with Crippen LogP contribution in [-0.4, -0.2) is 19.6 Å². The standard InChI is InChI=1S/C52H38N3O2.Pt/c1-52(2,3)39-28-37(27-38(29-39)45-30-36(25-26-53-45)35-23-21-34(22-24-35)33-13-6-4-7-14-33)41-18-12-19-46-50(41)54-51(55(46)40-15-8-5-9-16-40)44-32-49-43(31-47(44)56)42-17-10-11-20-48(42)57-49;/h4-26,28-32,56H,1-3H3;/q-1;. The summed E-state index contributed by atoms with van der Waals surface area (Å²) in [7, 11) is 0. The zero-order chi connectivity index (χ0) is 38.7. The first-order valence-electron chi connectivity index (χ1n) is 19.2. The summed E-state index contributed by atoms with van der Waals surface area (Å²) in [6.07, 6.45) is 1.88. The molecule has 0 saturated carbocycles. The van der Waals surface area contributed by atoms with Gasteiger partial charge in [0.15, 0.2) is 0 Å². The van der Waals surface area contributed by atoms with Gasteiger partial charge in [-0.25, -0.2) is 4.98 Å². The first kappa shape index (κ1) is 37.0. The van der Waals surface area contributed by atoms with E-state index in [4.69, 9.17) is 14.4 Å². The summed E-state index contributed by atoms with van der Waals surface area (Å²) < 4.78 is 8.40. The van der Waals surface area contributed by atoms with Crippen molar-refractivity contribution >= 4 is 33.0 Å². The molecule has 3 aromatic heterocycles. The molecule has 0 spiro atoms. The average Bonchev–Trinajstić information content (AvgIpc) is 3.82. The summed E-state index contributed by atoms with van der Waals surface area (Å²) in [5, 5.41) is 13.5. The molecule has 0 atom stereocenters. The molecule has 284 valence electrons. The Morgan fingerprint density at radius 2 is 1.26 bits per heavy atom. The van der Waals surface area contributed by atoms with Crippen LogP contribution in [0, 0.1) is 6.07 Å². The molecule has 6 heteroatoms.